The van der Waals surface area contributed by atoms with E-state index in [9.17, 15) is 9.50 Å². The van der Waals surface area contributed by atoms with Crippen LogP contribution in [0, 0.1) is 5.82 Å². The Hall–Kier alpha value is -1.33. The Balaban J connectivity index is 3.24. The van der Waals surface area contributed by atoms with Crippen molar-refractivity contribution in [3.8, 4) is 11.5 Å². The Kier molecular flexibility index (Phi) is 3.49. The van der Waals surface area contributed by atoms with Crippen LogP contribution in [0.1, 0.15) is 18.6 Å². The molecule has 0 saturated heterocycles. The van der Waals surface area contributed by atoms with Crippen LogP contribution in [0.4, 0.5) is 4.39 Å². The lowest BCUT2D eigenvalue weighted by Gasteiger charge is -2.18. The van der Waals surface area contributed by atoms with Crippen LogP contribution in [0.15, 0.2) is 12.1 Å². The molecule has 0 aliphatic rings. The molecule has 0 aromatic heterocycles. The molecule has 0 saturated carbocycles. The minimum absolute atomic E-state index is 0.181. The van der Waals surface area contributed by atoms with Crippen molar-refractivity contribution < 1.29 is 19.3 Å². The molecule has 0 aliphatic heterocycles. The van der Waals surface area contributed by atoms with E-state index in [4.69, 9.17) is 15.6 Å². The first-order valence-electron chi connectivity index (χ1n) is 4.48. The third kappa shape index (κ3) is 2.19. The van der Waals surface area contributed by atoms with E-state index >= 15 is 0 Å². The predicted octanol–water partition coefficient (Wildman–Crippen LogP) is 0.920. The van der Waals surface area contributed by atoms with E-state index in [1.54, 1.807) is 6.92 Å². The molecule has 4 N–H and O–H groups in total. The lowest BCUT2D eigenvalue weighted by Crippen LogP contribution is -2.25. The van der Waals surface area contributed by atoms with Crippen LogP contribution in [-0.4, -0.2) is 23.4 Å². The third-order valence-electron chi connectivity index (χ3n) is 2.13. The lowest BCUT2D eigenvalue weighted by molar-refractivity contribution is 0.148. The second-order valence-corrected chi connectivity index (χ2v) is 3.33. The van der Waals surface area contributed by atoms with Gasteiger partial charge in [0.25, 0.3) is 0 Å². The van der Waals surface area contributed by atoms with Crippen molar-refractivity contribution in [2.24, 2.45) is 5.73 Å². The number of phenolic OH excluding ortho intramolecular Hbond substituents is 1. The SMILES string of the molecule is COc1c(C(O)C(C)N)ccc(O)c1F. The number of hydrogen-bond donors (Lipinski definition) is 3. The molecule has 4 nitrogen and oxygen atoms in total. The van der Waals surface area contributed by atoms with Gasteiger partial charge in [-0.3, -0.25) is 0 Å². The number of ether oxygens (including phenoxy) is 1. The van der Waals surface area contributed by atoms with Gasteiger partial charge in [0.05, 0.1) is 13.2 Å². The summed E-state index contributed by atoms with van der Waals surface area (Å²) < 4.78 is 18.1. The topological polar surface area (TPSA) is 75.7 Å². The smallest absolute Gasteiger partial charge is 0.206 e. The summed E-state index contributed by atoms with van der Waals surface area (Å²) in [7, 11) is 1.26. The molecule has 84 valence electrons. The maximum absolute atomic E-state index is 13.4. The van der Waals surface area contributed by atoms with Crippen molar-refractivity contribution in [2.75, 3.05) is 7.11 Å². The summed E-state index contributed by atoms with van der Waals surface area (Å²) >= 11 is 0. The van der Waals surface area contributed by atoms with Crippen LogP contribution < -0.4 is 10.5 Å². The van der Waals surface area contributed by atoms with Crippen molar-refractivity contribution in [2.45, 2.75) is 19.1 Å². The highest BCUT2D eigenvalue weighted by atomic mass is 19.1. The van der Waals surface area contributed by atoms with Gasteiger partial charge in [0.1, 0.15) is 0 Å². The predicted molar refractivity (Wildman–Crippen MR) is 53.2 cm³/mol. The molecule has 0 heterocycles. The van der Waals surface area contributed by atoms with Crippen LogP contribution in [-0.2, 0) is 0 Å². The van der Waals surface area contributed by atoms with Crippen LogP contribution in [0.3, 0.4) is 0 Å². The van der Waals surface area contributed by atoms with Crippen molar-refractivity contribution >= 4 is 0 Å². The third-order valence-corrected chi connectivity index (χ3v) is 2.13. The van der Waals surface area contributed by atoms with Crippen LogP contribution in [0.2, 0.25) is 0 Å². The minimum atomic E-state index is -1.03. The molecule has 1 rings (SSSR count). The number of hydrogen-bond acceptors (Lipinski definition) is 4. The van der Waals surface area contributed by atoms with Gasteiger partial charge in [0.15, 0.2) is 11.5 Å². The highest BCUT2D eigenvalue weighted by Crippen LogP contribution is 2.33. The number of aliphatic hydroxyl groups is 1. The van der Waals surface area contributed by atoms with E-state index in [1.807, 2.05) is 0 Å². The van der Waals surface area contributed by atoms with Gasteiger partial charge in [0.2, 0.25) is 5.82 Å². The molecule has 0 spiro atoms. The molecule has 1 aromatic rings. The van der Waals surface area contributed by atoms with E-state index in [1.165, 1.54) is 13.2 Å². The summed E-state index contributed by atoms with van der Waals surface area (Å²) in [5, 5.41) is 18.8. The Labute approximate surface area is 87.1 Å². The first kappa shape index (κ1) is 11.7. The summed E-state index contributed by atoms with van der Waals surface area (Å²) in [6.07, 6.45) is -1.03. The molecule has 15 heavy (non-hydrogen) atoms. The van der Waals surface area contributed by atoms with Crippen LogP contribution in [0.5, 0.6) is 11.5 Å². The van der Waals surface area contributed by atoms with Gasteiger partial charge >= 0.3 is 0 Å². The molecular formula is C10H14FNO3. The van der Waals surface area contributed by atoms with E-state index in [2.05, 4.69) is 0 Å². The van der Waals surface area contributed by atoms with Crippen LogP contribution >= 0.6 is 0 Å². The number of phenols is 1. The fraction of sp³-hybridized carbons (Fsp3) is 0.400. The van der Waals surface area contributed by atoms with Gasteiger partial charge in [-0.25, -0.2) is 0 Å². The number of methoxy groups -OCH3 is 1. The zero-order valence-electron chi connectivity index (χ0n) is 8.57. The standard InChI is InChI=1S/C10H14FNO3/c1-5(12)9(14)6-3-4-7(13)8(11)10(6)15-2/h3-5,9,13-14H,12H2,1-2H3. The van der Waals surface area contributed by atoms with Crippen molar-refractivity contribution in [1.29, 1.82) is 0 Å². The Morgan fingerprint density at radius 2 is 2.07 bits per heavy atom. The van der Waals surface area contributed by atoms with Gasteiger partial charge in [-0.05, 0) is 19.1 Å². The van der Waals surface area contributed by atoms with E-state index in [0.29, 0.717) is 0 Å². The summed E-state index contributed by atoms with van der Waals surface area (Å²) in [6.45, 7) is 1.59. The summed E-state index contributed by atoms with van der Waals surface area (Å²) in [4.78, 5) is 0. The minimum Gasteiger partial charge on any atom is -0.505 e. The molecule has 0 bridgehead atoms. The Bertz CT molecular complexity index is 355. The second kappa shape index (κ2) is 4.46. The molecule has 0 fully saturated rings. The normalized spacial score (nSPS) is 14.7. The number of rotatable bonds is 3. The van der Waals surface area contributed by atoms with Gasteiger partial charge in [-0.1, -0.05) is 0 Å². The van der Waals surface area contributed by atoms with Crippen molar-refractivity contribution in [3.63, 3.8) is 0 Å². The molecule has 5 heteroatoms. The first-order chi connectivity index (χ1) is 6.99. The Morgan fingerprint density at radius 3 is 2.53 bits per heavy atom. The molecule has 0 aliphatic carbocycles. The first-order valence-corrected chi connectivity index (χ1v) is 4.48. The molecule has 0 radical (unpaired) electrons. The van der Waals surface area contributed by atoms with Gasteiger partial charge in [-0.2, -0.15) is 4.39 Å². The molecule has 0 amide bonds. The highest BCUT2D eigenvalue weighted by Gasteiger charge is 2.21. The highest BCUT2D eigenvalue weighted by molar-refractivity contribution is 5.43. The zero-order chi connectivity index (χ0) is 11.6. The maximum atomic E-state index is 13.4. The van der Waals surface area contributed by atoms with E-state index in [0.717, 1.165) is 6.07 Å². The summed E-state index contributed by atoms with van der Waals surface area (Å²) in [5.74, 6) is -1.60. The molecule has 1 aromatic carbocycles. The summed E-state index contributed by atoms with van der Waals surface area (Å²) in [6, 6.07) is 1.98. The van der Waals surface area contributed by atoms with Gasteiger partial charge in [-0.15, -0.1) is 0 Å². The van der Waals surface area contributed by atoms with Gasteiger partial charge < -0.3 is 20.7 Å². The van der Waals surface area contributed by atoms with E-state index < -0.39 is 23.7 Å². The second-order valence-electron chi connectivity index (χ2n) is 3.33. The molecule has 2 unspecified atom stereocenters. The number of halogens is 1. The van der Waals surface area contributed by atoms with Gasteiger partial charge in [0, 0.05) is 11.6 Å². The fourth-order valence-corrected chi connectivity index (χ4v) is 1.28. The average Bonchev–Trinajstić information content (AvgIpc) is 2.20. The number of aliphatic hydroxyl groups excluding tert-OH is 1. The Morgan fingerprint density at radius 1 is 1.47 bits per heavy atom. The monoisotopic (exact) mass is 215 g/mol. The number of benzene rings is 1. The maximum Gasteiger partial charge on any atom is 0.206 e. The summed E-state index contributed by atoms with van der Waals surface area (Å²) in [5.41, 5.74) is 5.71. The molecular weight excluding hydrogens is 201 g/mol. The van der Waals surface area contributed by atoms with E-state index in [-0.39, 0.29) is 11.3 Å². The largest absolute Gasteiger partial charge is 0.505 e. The molecule has 2 atom stereocenters. The quantitative estimate of drug-likeness (QED) is 0.700. The van der Waals surface area contributed by atoms with Crippen LogP contribution in [0.25, 0.3) is 0 Å². The lowest BCUT2D eigenvalue weighted by atomic mass is 10.0. The average molecular weight is 215 g/mol. The van der Waals surface area contributed by atoms with Crippen molar-refractivity contribution in [1.82, 2.24) is 0 Å². The number of nitrogens with two attached hydrogens (primary N) is 1. The zero-order valence-corrected chi connectivity index (χ0v) is 8.57. The fourth-order valence-electron chi connectivity index (χ4n) is 1.28. The number of aromatic hydroxyl groups is 1. The van der Waals surface area contributed by atoms with Crippen molar-refractivity contribution in [3.05, 3.63) is 23.5 Å².